The van der Waals surface area contributed by atoms with Gasteiger partial charge in [0.25, 0.3) is 0 Å². The molecule has 30 atom stereocenters. The molecule has 4 saturated heterocycles. The average molecular weight is 1310 g/mol. The highest BCUT2D eigenvalue weighted by Crippen LogP contribution is 2.76. The normalized spacial score (nSPS) is 48.4. The number of aliphatic hydroxyl groups is 11. The summed E-state index contributed by atoms with van der Waals surface area (Å²) < 4.78 is 67.8. The maximum atomic E-state index is 13.5. The Morgan fingerprint density at radius 3 is 1.70 bits per heavy atom. The molecule has 10 unspecified atom stereocenters. The van der Waals surface area contributed by atoms with Crippen LogP contribution in [0.1, 0.15) is 135 Å². The van der Waals surface area contributed by atoms with Crippen molar-refractivity contribution in [1.29, 1.82) is 0 Å². The Kier molecular flexibility index (Phi) is 21.3. The Bertz CT molecular complexity index is 2790. The van der Waals surface area contributed by atoms with Gasteiger partial charge in [-0.05, 0) is 124 Å². The number of hydrogen-bond donors (Lipinski definition) is 12. The standard InChI is InChI=1S/C65H100O27/c1-14-27(3)54(80)87-46-29(5)82-58(45(77)48(46)88-55(81)28(4)15-2)92-51-52(83-30(6)69)65(26-68)32(22-60(51,7)8)31-16-17-36-62(11)20-19-38(61(9,10)35(62)18-21-63(36,12)64(31,13)23-37(65)70)86-59-50(91-57-43(75)41(73)39(71)33(24-66)84-57)47(44(76)49(90-59)53(78)79)89-56-42(74)40(72)34(25-67)85-56/h14-16,29,32-52,56-59,66-68,70-77H,17-26H2,1-13H3,(H,78,79)/t29?,32?,33?,34-,35?,36?,37+,38-,39-,40+,41+,42?,43?,44-,45-,46-,47+,48?,49?,50?,51-,52-,56-,57-,58-,59+,62-,63+,64+,65-/m0/s1. The lowest BCUT2D eigenvalue weighted by Crippen LogP contribution is -2.73. The number of carbonyl (C=O) groups is 4. The number of rotatable bonds is 17. The van der Waals surface area contributed by atoms with E-state index in [9.17, 15) is 80.5 Å². The second-order valence-corrected chi connectivity index (χ2v) is 29.3. The Morgan fingerprint density at radius 1 is 0.587 bits per heavy atom. The largest absolute Gasteiger partial charge is 0.479 e. The lowest BCUT2D eigenvalue weighted by molar-refractivity contribution is -0.386. The maximum absolute atomic E-state index is 13.5. The van der Waals surface area contributed by atoms with Crippen LogP contribution in [-0.2, 0) is 71.3 Å². The first-order valence-electron chi connectivity index (χ1n) is 32.3. The summed E-state index contributed by atoms with van der Waals surface area (Å²) in [6.07, 6.45) is -28.8. The van der Waals surface area contributed by atoms with E-state index in [1.54, 1.807) is 33.8 Å². The van der Waals surface area contributed by atoms with Crippen LogP contribution in [0.5, 0.6) is 0 Å². The van der Waals surface area contributed by atoms with Crippen LogP contribution in [0, 0.1) is 50.2 Å². The second kappa shape index (κ2) is 27.0. The van der Waals surface area contributed by atoms with E-state index in [0.717, 1.165) is 5.57 Å². The Balaban J connectivity index is 1.01. The minimum Gasteiger partial charge on any atom is -0.479 e. The zero-order chi connectivity index (χ0) is 68.0. The number of fused-ring (bicyclic) bond motifs is 7. The van der Waals surface area contributed by atoms with Gasteiger partial charge in [0.1, 0.15) is 79.4 Å². The molecule has 27 heteroatoms. The summed E-state index contributed by atoms with van der Waals surface area (Å²) >= 11 is 0. The first kappa shape index (κ1) is 72.6. The first-order valence-corrected chi connectivity index (χ1v) is 32.3. The summed E-state index contributed by atoms with van der Waals surface area (Å²) in [7, 11) is 0. The fourth-order valence-corrected chi connectivity index (χ4v) is 17.9. The van der Waals surface area contributed by atoms with E-state index in [1.165, 1.54) is 19.9 Å². The van der Waals surface area contributed by atoms with Gasteiger partial charge in [-0.3, -0.25) is 4.79 Å². The summed E-state index contributed by atoms with van der Waals surface area (Å²) in [5.41, 5.74) is -3.55. The van der Waals surface area contributed by atoms with Gasteiger partial charge in [0.05, 0.1) is 43.5 Å². The van der Waals surface area contributed by atoms with Gasteiger partial charge in [-0.15, -0.1) is 0 Å². The number of aliphatic hydroxyl groups excluding tert-OH is 11. The third-order valence-electron chi connectivity index (χ3n) is 23.6. The van der Waals surface area contributed by atoms with Gasteiger partial charge in [-0.25, -0.2) is 14.4 Å². The van der Waals surface area contributed by atoms with Crippen LogP contribution >= 0.6 is 0 Å². The minimum atomic E-state index is -2.13. The molecule has 0 aromatic carbocycles. The zero-order valence-corrected chi connectivity index (χ0v) is 54.8. The molecule has 0 spiro atoms. The zero-order valence-electron chi connectivity index (χ0n) is 54.8. The van der Waals surface area contributed by atoms with E-state index in [0.29, 0.717) is 32.1 Å². The van der Waals surface area contributed by atoms with Gasteiger partial charge in [-0.1, -0.05) is 72.3 Å². The van der Waals surface area contributed by atoms with Crippen LogP contribution in [0.2, 0.25) is 0 Å². The molecule has 12 N–H and O–H groups in total. The van der Waals surface area contributed by atoms with Crippen LogP contribution < -0.4 is 0 Å². The van der Waals surface area contributed by atoms with Crippen molar-refractivity contribution in [3.63, 3.8) is 0 Å². The third-order valence-corrected chi connectivity index (χ3v) is 23.6. The number of ether oxygens (including phenoxy) is 11. The van der Waals surface area contributed by atoms with Gasteiger partial charge >= 0.3 is 23.9 Å². The first-order chi connectivity index (χ1) is 43.0. The van der Waals surface area contributed by atoms with Crippen molar-refractivity contribution in [3.8, 4) is 0 Å². The molecule has 0 aromatic heterocycles. The summed E-state index contributed by atoms with van der Waals surface area (Å²) in [6.45, 7) is 21.5. The Morgan fingerprint density at radius 2 is 1.14 bits per heavy atom. The van der Waals surface area contributed by atoms with Gasteiger partial charge < -0.3 is 113 Å². The van der Waals surface area contributed by atoms with Crippen molar-refractivity contribution in [3.05, 3.63) is 34.9 Å². The van der Waals surface area contributed by atoms with Crippen LogP contribution in [0.15, 0.2) is 34.9 Å². The van der Waals surface area contributed by atoms with Gasteiger partial charge in [0, 0.05) is 18.1 Å². The summed E-state index contributed by atoms with van der Waals surface area (Å²) in [6, 6.07) is 0. The fourth-order valence-electron chi connectivity index (χ4n) is 17.9. The third kappa shape index (κ3) is 12.2. The van der Waals surface area contributed by atoms with Gasteiger partial charge in [-0.2, -0.15) is 0 Å². The Hall–Kier alpha value is -3.66. The molecule has 0 bridgehead atoms. The molecule has 27 nitrogen and oxygen atoms in total. The molecule has 4 heterocycles. The molecule has 522 valence electrons. The predicted molar refractivity (Wildman–Crippen MR) is 316 cm³/mol. The molecule has 92 heavy (non-hydrogen) atoms. The van der Waals surface area contributed by atoms with Crippen molar-refractivity contribution < 1.29 is 133 Å². The lowest BCUT2D eigenvalue weighted by atomic mass is 9.33. The second-order valence-electron chi connectivity index (χ2n) is 29.3. The number of carboxylic acid groups (broad SMARTS) is 1. The molecule has 9 aliphatic rings. The van der Waals surface area contributed by atoms with Crippen molar-refractivity contribution in [1.82, 2.24) is 0 Å². The molecule has 0 amide bonds. The summed E-state index contributed by atoms with van der Waals surface area (Å²) in [5, 5.41) is 134. The number of carbonyl (C=O) groups excluding carboxylic acids is 3. The average Bonchev–Trinajstić information content (AvgIpc) is 0.719. The molecule has 8 fully saturated rings. The smallest absolute Gasteiger partial charge is 0.335 e. The molecule has 4 saturated carbocycles. The molecule has 0 aromatic rings. The summed E-state index contributed by atoms with van der Waals surface area (Å²) in [5.74, 6) is -4.65. The highest BCUT2D eigenvalue weighted by atomic mass is 16.8. The molecular formula is C65H100O27. The number of allylic oxidation sites excluding steroid dienone is 4. The van der Waals surface area contributed by atoms with E-state index < -0.39 is 223 Å². The molecule has 5 aliphatic carbocycles. The van der Waals surface area contributed by atoms with Crippen molar-refractivity contribution in [2.24, 2.45) is 50.2 Å². The Labute approximate surface area is 535 Å². The van der Waals surface area contributed by atoms with Crippen LogP contribution in [-0.4, -0.2) is 246 Å². The van der Waals surface area contributed by atoms with Crippen molar-refractivity contribution >= 4 is 23.9 Å². The monoisotopic (exact) mass is 1310 g/mol. The highest BCUT2D eigenvalue weighted by molar-refractivity contribution is 5.88. The molecule has 4 aliphatic heterocycles. The number of aliphatic carboxylic acids is 1. The highest BCUT2D eigenvalue weighted by Gasteiger charge is 2.74. The van der Waals surface area contributed by atoms with Gasteiger partial charge in [0.15, 0.2) is 43.5 Å². The molecular weight excluding hydrogens is 1210 g/mol. The topological polar surface area (TPSA) is 413 Å². The minimum absolute atomic E-state index is 0.0439. The predicted octanol–water partition coefficient (Wildman–Crippen LogP) is 0.715. The number of esters is 3. The maximum Gasteiger partial charge on any atom is 0.335 e. The summed E-state index contributed by atoms with van der Waals surface area (Å²) in [4.78, 5) is 53.0. The van der Waals surface area contributed by atoms with E-state index in [4.69, 9.17) is 52.1 Å². The van der Waals surface area contributed by atoms with Crippen LogP contribution in [0.4, 0.5) is 0 Å². The van der Waals surface area contributed by atoms with E-state index >= 15 is 0 Å². The lowest BCUT2D eigenvalue weighted by Gasteiger charge is -2.72. The van der Waals surface area contributed by atoms with Crippen molar-refractivity contribution in [2.45, 2.75) is 276 Å². The van der Waals surface area contributed by atoms with Crippen LogP contribution in [0.25, 0.3) is 0 Å². The fraction of sp³-hybridized carbons (Fsp3) is 0.846. The molecule has 9 rings (SSSR count). The van der Waals surface area contributed by atoms with E-state index in [1.807, 2.05) is 27.7 Å². The van der Waals surface area contributed by atoms with E-state index in [2.05, 4.69) is 26.8 Å². The van der Waals surface area contributed by atoms with E-state index in [-0.39, 0.29) is 35.8 Å². The van der Waals surface area contributed by atoms with Crippen LogP contribution in [0.3, 0.4) is 0 Å². The number of hydrogen-bond acceptors (Lipinski definition) is 26. The number of carboxylic acids is 1. The van der Waals surface area contributed by atoms with Crippen molar-refractivity contribution in [2.75, 3.05) is 19.8 Å². The SMILES string of the molecule is CC=C(C)C(=O)OC1[C@@H](OC(=O)C(C)=CC)C(C)O[C@@H](O[C@H]2[C@H](OC(C)=O)[C@@]3(CO)C(CC2(C)C)C2=CCC4[C@@]5(C)CC[C@H](O[C@@H]6OC(C(=O)O)[C@@H](O)[C@@H](O[C@@H]7O[C@@H](CO)[C@@H](O)C7O)C6O[C@@H]6OC(CO)[C@H](O)[C@@H](O)C6O)C(C)(C)C5CC[C@@]4(C)[C@]2(C)C[C@H]3O)[C@H]1O. The quantitative estimate of drug-likeness (QED) is 0.0314. The van der Waals surface area contributed by atoms with Gasteiger partial charge in [0.2, 0.25) is 0 Å². The molecule has 0 radical (unpaired) electrons.